The van der Waals surface area contributed by atoms with E-state index in [0.717, 1.165) is 25.7 Å². The summed E-state index contributed by atoms with van der Waals surface area (Å²) in [5, 5.41) is 0. The van der Waals surface area contributed by atoms with Crippen LogP contribution in [0.15, 0.2) is 12.2 Å². The van der Waals surface area contributed by atoms with E-state index in [9.17, 15) is 4.79 Å². The molecule has 0 aromatic heterocycles. The van der Waals surface area contributed by atoms with E-state index in [0.29, 0.717) is 18.8 Å². The van der Waals surface area contributed by atoms with Crippen molar-refractivity contribution in [1.82, 2.24) is 0 Å². The maximum Gasteiger partial charge on any atom is 0.399 e. The van der Waals surface area contributed by atoms with E-state index in [-0.39, 0.29) is 0 Å². The predicted molar refractivity (Wildman–Crippen MR) is 125 cm³/mol. The Morgan fingerprint density at radius 2 is 1.00 bits per heavy atom. The first-order valence-electron chi connectivity index (χ1n) is 12.1. The summed E-state index contributed by atoms with van der Waals surface area (Å²) in [7, 11) is -1.61. The molecule has 0 spiro atoms. The zero-order valence-corrected chi connectivity index (χ0v) is 20.4. The van der Waals surface area contributed by atoms with Gasteiger partial charge in [0.15, 0.2) is 0 Å². The quantitative estimate of drug-likeness (QED) is 0.0979. The molecule has 0 aromatic rings. The van der Waals surface area contributed by atoms with Crippen molar-refractivity contribution in [2.45, 2.75) is 124 Å². The summed E-state index contributed by atoms with van der Waals surface area (Å²) in [5.74, 6) is -0.428. The van der Waals surface area contributed by atoms with Crippen molar-refractivity contribution >= 4 is 14.6 Å². The van der Waals surface area contributed by atoms with Gasteiger partial charge in [-0.3, -0.25) is 0 Å². The monoisotopic (exact) mass is 430 g/mol. The Hall–Kier alpha value is -0.440. The standard InChI is InChI=1S/C24H47O4P/c1-5-7-9-11-13-15-17-19-21-26-29(28-24(25)23(3)4)27-22-20-18-16-14-12-10-8-6-2/h3,5-22H2,1-2,4H3. The molecular formula is C24H47O4P. The van der Waals surface area contributed by atoms with Crippen LogP contribution in [0.3, 0.4) is 0 Å². The van der Waals surface area contributed by atoms with Gasteiger partial charge in [-0.05, 0) is 19.8 Å². The second-order valence-electron chi connectivity index (χ2n) is 8.00. The van der Waals surface area contributed by atoms with Gasteiger partial charge in [0.1, 0.15) is 0 Å². The molecule has 0 aliphatic rings. The lowest BCUT2D eigenvalue weighted by atomic mass is 10.1. The molecular weight excluding hydrogens is 383 g/mol. The average Bonchev–Trinajstić information content (AvgIpc) is 2.70. The third-order valence-corrected chi connectivity index (χ3v) is 6.00. The summed E-state index contributed by atoms with van der Waals surface area (Å²) in [6.07, 6.45) is 20.0. The van der Waals surface area contributed by atoms with Crippen LogP contribution >= 0.6 is 8.60 Å². The molecule has 0 saturated carbocycles. The molecule has 29 heavy (non-hydrogen) atoms. The van der Waals surface area contributed by atoms with E-state index in [4.69, 9.17) is 13.6 Å². The van der Waals surface area contributed by atoms with Crippen molar-refractivity contribution in [2.75, 3.05) is 13.2 Å². The molecule has 0 bridgehead atoms. The Labute approximate surface area is 182 Å². The van der Waals surface area contributed by atoms with Gasteiger partial charge >= 0.3 is 14.6 Å². The van der Waals surface area contributed by atoms with Gasteiger partial charge < -0.3 is 13.6 Å². The highest BCUT2D eigenvalue weighted by Crippen LogP contribution is 2.41. The van der Waals surface area contributed by atoms with Gasteiger partial charge in [0.25, 0.3) is 0 Å². The lowest BCUT2D eigenvalue weighted by Crippen LogP contribution is -2.06. The van der Waals surface area contributed by atoms with Gasteiger partial charge in [0.2, 0.25) is 0 Å². The lowest BCUT2D eigenvalue weighted by molar-refractivity contribution is -0.131. The summed E-state index contributed by atoms with van der Waals surface area (Å²) in [6.45, 7) is 10.9. The van der Waals surface area contributed by atoms with Gasteiger partial charge in [0.05, 0.1) is 13.2 Å². The molecule has 0 heterocycles. The highest BCUT2D eigenvalue weighted by Gasteiger charge is 2.18. The number of hydrogen-bond acceptors (Lipinski definition) is 4. The molecule has 0 unspecified atom stereocenters. The van der Waals surface area contributed by atoms with Gasteiger partial charge in [-0.1, -0.05) is 110 Å². The van der Waals surface area contributed by atoms with Crippen molar-refractivity contribution < 1.29 is 18.4 Å². The van der Waals surface area contributed by atoms with E-state index >= 15 is 0 Å². The molecule has 4 nitrogen and oxygen atoms in total. The van der Waals surface area contributed by atoms with E-state index < -0.39 is 14.6 Å². The van der Waals surface area contributed by atoms with Crippen molar-refractivity contribution in [3.63, 3.8) is 0 Å². The second kappa shape index (κ2) is 22.2. The fraction of sp³-hybridized carbons (Fsp3) is 0.875. The number of unbranched alkanes of at least 4 members (excludes halogenated alkanes) is 14. The Morgan fingerprint density at radius 1 is 0.655 bits per heavy atom. The van der Waals surface area contributed by atoms with E-state index in [2.05, 4.69) is 20.4 Å². The minimum atomic E-state index is -1.61. The zero-order valence-electron chi connectivity index (χ0n) is 19.5. The first kappa shape index (κ1) is 28.6. The van der Waals surface area contributed by atoms with Gasteiger partial charge in [-0.25, -0.2) is 4.79 Å². The maximum absolute atomic E-state index is 11.8. The minimum absolute atomic E-state index is 0.379. The summed E-state index contributed by atoms with van der Waals surface area (Å²) < 4.78 is 16.8. The van der Waals surface area contributed by atoms with Crippen LogP contribution < -0.4 is 0 Å². The molecule has 0 aromatic carbocycles. The minimum Gasteiger partial charge on any atom is -0.391 e. The van der Waals surface area contributed by atoms with E-state index in [1.807, 2.05) is 0 Å². The largest absolute Gasteiger partial charge is 0.399 e. The summed E-state index contributed by atoms with van der Waals surface area (Å²) in [6, 6.07) is 0. The Bertz CT molecular complexity index is 365. The third-order valence-electron chi connectivity index (χ3n) is 4.90. The highest BCUT2D eigenvalue weighted by molar-refractivity contribution is 7.42. The van der Waals surface area contributed by atoms with Gasteiger partial charge in [-0.15, -0.1) is 0 Å². The van der Waals surface area contributed by atoms with Crippen molar-refractivity contribution in [3.05, 3.63) is 12.2 Å². The molecule has 0 amide bonds. The van der Waals surface area contributed by atoms with Crippen LogP contribution in [0.25, 0.3) is 0 Å². The first-order valence-corrected chi connectivity index (χ1v) is 13.1. The molecule has 0 rings (SSSR count). The fourth-order valence-electron chi connectivity index (χ4n) is 2.99. The summed E-state index contributed by atoms with van der Waals surface area (Å²) in [4.78, 5) is 11.8. The second-order valence-corrected chi connectivity index (χ2v) is 9.15. The molecule has 0 saturated heterocycles. The van der Waals surface area contributed by atoms with Crippen molar-refractivity contribution in [3.8, 4) is 0 Å². The van der Waals surface area contributed by atoms with Crippen LogP contribution in [0.4, 0.5) is 0 Å². The topological polar surface area (TPSA) is 44.8 Å². The zero-order chi connectivity index (χ0) is 21.6. The van der Waals surface area contributed by atoms with Crippen LogP contribution in [0.1, 0.15) is 124 Å². The van der Waals surface area contributed by atoms with Gasteiger partial charge in [-0.2, -0.15) is 0 Å². The molecule has 0 aliphatic heterocycles. The van der Waals surface area contributed by atoms with Crippen molar-refractivity contribution in [2.24, 2.45) is 0 Å². The smallest absolute Gasteiger partial charge is 0.391 e. The third kappa shape index (κ3) is 20.6. The average molecular weight is 431 g/mol. The van der Waals surface area contributed by atoms with E-state index in [1.165, 1.54) is 77.0 Å². The van der Waals surface area contributed by atoms with Crippen LogP contribution in [-0.4, -0.2) is 19.2 Å². The normalized spacial score (nSPS) is 11.2. The molecule has 0 atom stereocenters. The molecule has 5 heteroatoms. The van der Waals surface area contributed by atoms with E-state index in [1.54, 1.807) is 6.92 Å². The molecule has 0 N–H and O–H groups in total. The summed E-state index contributed by atoms with van der Waals surface area (Å²) in [5.41, 5.74) is 0.379. The molecule has 0 aliphatic carbocycles. The first-order chi connectivity index (χ1) is 14.1. The van der Waals surface area contributed by atoms with Crippen LogP contribution in [0.2, 0.25) is 0 Å². The Balaban J connectivity index is 3.84. The lowest BCUT2D eigenvalue weighted by Gasteiger charge is -2.16. The number of carbonyl (C=O) groups is 1. The predicted octanol–water partition coefficient (Wildman–Crippen LogP) is 8.65. The number of carbonyl (C=O) groups excluding carboxylic acids is 1. The molecule has 0 fully saturated rings. The van der Waals surface area contributed by atoms with Crippen LogP contribution in [-0.2, 0) is 18.4 Å². The maximum atomic E-state index is 11.8. The SMILES string of the molecule is C=C(C)C(=O)OP(OCCCCCCCCCC)OCCCCCCCCCC. The number of rotatable bonds is 22. The van der Waals surface area contributed by atoms with Gasteiger partial charge in [0, 0.05) is 5.57 Å². The molecule has 0 radical (unpaired) electrons. The highest BCUT2D eigenvalue weighted by atomic mass is 31.2. The molecule has 172 valence electrons. The Morgan fingerprint density at radius 3 is 1.34 bits per heavy atom. The Kier molecular flexibility index (Phi) is 21.9. The fourth-order valence-corrected chi connectivity index (χ4v) is 4.01. The summed E-state index contributed by atoms with van der Waals surface area (Å²) >= 11 is 0. The number of hydrogen-bond donors (Lipinski definition) is 0. The van der Waals surface area contributed by atoms with Crippen LogP contribution in [0, 0.1) is 0 Å². The van der Waals surface area contributed by atoms with Crippen molar-refractivity contribution in [1.29, 1.82) is 0 Å². The van der Waals surface area contributed by atoms with Crippen LogP contribution in [0.5, 0.6) is 0 Å².